The number of anilines is 1. The molecule has 0 atom stereocenters. The summed E-state index contributed by atoms with van der Waals surface area (Å²) in [4.78, 5) is 13.1. The van der Waals surface area contributed by atoms with E-state index in [9.17, 15) is 13.2 Å². The lowest BCUT2D eigenvalue weighted by molar-refractivity contribution is -0.117. The van der Waals surface area contributed by atoms with Gasteiger partial charge in [-0.3, -0.25) is 4.79 Å². The molecule has 0 aliphatic heterocycles. The molecular formula is C24H25NO4S. The molecule has 0 aliphatic carbocycles. The summed E-state index contributed by atoms with van der Waals surface area (Å²) in [5, 5.41) is 0. The number of sulfonamides is 1. The molecule has 0 bridgehead atoms. The van der Waals surface area contributed by atoms with Crippen molar-refractivity contribution in [2.45, 2.75) is 31.6 Å². The predicted octanol–water partition coefficient (Wildman–Crippen LogP) is 4.88. The second kappa shape index (κ2) is 9.59. The summed E-state index contributed by atoms with van der Waals surface area (Å²) in [6.45, 7) is 4.31. The predicted molar refractivity (Wildman–Crippen MR) is 118 cm³/mol. The van der Waals surface area contributed by atoms with Crippen molar-refractivity contribution >= 4 is 21.6 Å². The fourth-order valence-electron chi connectivity index (χ4n) is 3.15. The van der Waals surface area contributed by atoms with Gasteiger partial charge in [0, 0.05) is 6.42 Å². The highest BCUT2D eigenvalue weighted by Gasteiger charge is 2.30. The molecular weight excluding hydrogens is 398 g/mol. The SMILES string of the molecule is Cc1ccc(OCCCC(=O)N(c2ccccc2)S(=O)(=O)c2ccccc2)c(C)c1. The van der Waals surface area contributed by atoms with E-state index in [0.29, 0.717) is 18.7 Å². The maximum absolute atomic E-state index is 13.2. The molecule has 0 unspecified atom stereocenters. The number of rotatable bonds is 8. The van der Waals surface area contributed by atoms with Gasteiger partial charge >= 0.3 is 0 Å². The lowest BCUT2D eigenvalue weighted by atomic mass is 10.1. The molecule has 3 rings (SSSR count). The quantitative estimate of drug-likeness (QED) is 0.484. The zero-order valence-electron chi connectivity index (χ0n) is 17.1. The lowest BCUT2D eigenvalue weighted by Crippen LogP contribution is -2.37. The molecule has 30 heavy (non-hydrogen) atoms. The number of ether oxygens (including phenoxy) is 1. The number of hydrogen-bond donors (Lipinski definition) is 0. The van der Waals surface area contributed by atoms with Crippen LogP contribution in [0.1, 0.15) is 24.0 Å². The average Bonchev–Trinajstić information content (AvgIpc) is 2.74. The van der Waals surface area contributed by atoms with Crippen LogP contribution in [-0.2, 0) is 14.8 Å². The van der Waals surface area contributed by atoms with E-state index in [1.807, 2.05) is 32.0 Å². The second-order valence-electron chi connectivity index (χ2n) is 7.03. The van der Waals surface area contributed by atoms with Gasteiger partial charge in [0.1, 0.15) is 5.75 Å². The summed E-state index contributed by atoms with van der Waals surface area (Å²) in [5.41, 5.74) is 2.50. The second-order valence-corrected chi connectivity index (χ2v) is 8.82. The smallest absolute Gasteiger partial charge is 0.270 e. The number of benzene rings is 3. The van der Waals surface area contributed by atoms with E-state index in [1.54, 1.807) is 48.5 Å². The normalized spacial score (nSPS) is 11.1. The molecule has 0 aromatic heterocycles. The van der Waals surface area contributed by atoms with Crippen LogP contribution in [0.2, 0.25) is 0 Å². The lowest BCUT2D eigenvalue weighted by Gasteiger charge is -2.22. The van der Waals surface area contributed by atoms with Crippen LogP contribution in [-0.4, -0.2) is 20.9 Å². The molecule has 3 aromatic carbocycles. The molecule has 1 amide bonds. The van der Waals surface area contributed by atoms with E-state index in [4.69, 9.17) is 4.74 Å². The minimum absolute atomic E-state index is 0.0475. The van der Waals surface area contributed by atoms with E-state index in [-0.39, 0.29) is 11.3 Å². The van der Waals surface area contributed by atoms with Gasteiger partial charge in [-0.05, 0) is 56.2 Å². The van der Waals surface area contributed by atoms with Crippen LogP contribution in [0.3, 0.4) is 0 Å². The van der Waals surface area contributed by atoms with Crippen molar-refractivity contribution < 1.29 is 17.9 Å². The minimum Gasteiger partial charge on any atom is -0.493 e. The number of aryl methyl sites for hydroxylation is 2. The fourth-order valence-corrected chi connectivity index (χ4v) is 4.62. The third-order valence-corrected chi connectivity index (χ3v) is 6.38. The van der Waals surface area contributed by atoms with Gasteiger partial charge in [-0.2, -0.15) is 0 Å². The molecule has 0 spiro atoms. The van der Waals surface area contributed by atoms with E-state index in [0.717, 1.165) is 21.2 Å². The molecule has 0 saturated heterocycles. The summed E-state index contributed by atoms with van der Waals surface area (Å²) < 4.78 is 33.0. The molecule has 5 nitrogen and oxygen atoms in total. The maximum Gasteiger partial charge on any atom is 0.270 e. The van der Waals surface area contributed by atoms with E-state index >= 15 is 0 Å². The van der Waals surface area contributed by atoms with Gasteiger partial charge in [-0.1, -0.05) is 54.1 Å². The van der Waals surface area contributed by atoms with Crippen molar-refractivity contribution in [1.82, 2.24) is 0 Å². The Balaban J connectivity index is 1.73. The molecule has 0 radical (unpaired) electrons. The molecule has 3 aromatic rings. The Morgan fingerprint density at radius 3 is 2.17 bits per heavy atom. The zero-order valence-corrected chi connectivity index (χ0v) is 17.9. The van der Waals surface area contributed by atoms with Crippen molar-refractivity contribution in [3.63, 3.8) is 0 Å². The molecule has 0 N–H and O–H groups in total. The zero-order chi connectivity index (χ0) is 21.6. The Bertz CT molecular complexity index is 1100. The summed E-state index contributed by atoms with van der Waals surface area (Å²) in [7, 11) is -4.01. The van der Waals surface area contributed by atoms with Gasteiger partial charge in [0.15, 0.2) is 0 Å². The highest BCUT2D eigenvalue weighted by molar-refractivity contribution is 7.93. The van der Waals surface area contributed by atoms with Gasteiger partial charge in [0.2, 0.25) is 5.91 Å². The van der Waals surface area contributed by atoms with E-state index < -0.39 is 15.9 Å². The number of nitrogens with zero attached hydrogens (tertiary/aromatic N) is 1. The van der Waals surface area contributed by atoms with Gasteiger partial charge in [0.25, 0.3) is 10.0 Å². The minimum atomic E-state index is -4.01. The summed E-state index contributed by atoms with van der Waals surface area (Å²) >= 11 is 0. The molecule has 6 heteroatoms. The number of para-hydroxylation sites is 1. The van der Waals surface area contributed by atoms with Crippen LogP contribution in [0.15, 0.2) is 83.8 Å². The van der Waals surface area contributed by atoms with Crippen molar-refractivity contribution in [3.05, 3.63) is 90.0 Å². The Morgan fingerprint density at radius 2 is 1.53 bits per heavy atom. The first-order valence-corrected chi connectivity index (χ1v) is 11.2. The Hall–Kier alpha value is -3.12. The van der Waals surface area contributed by atoms with E-state index in [2.05, 4.69) is 0 Å². The average molecular weight is 424 g/mol. The van der Waals surface area contributed by atoms with Crippen LogP contribution in [0.4, 0.5) is 5.69 Å². The van der Waals surface area contributed by atoms with E-state index in [1.165, 1.54) is 12.1 Å². The summed E-state index contributed by atoms with van der Waals surface area (Å²) in [5.74, 6) is 0.277. The third-order valence-electron chi connectivity index (χ3n) is 4.62. The monoisotopic (exact) mass is 423 g/mol. The first-order chi connectivity index (χ1) is 14.4. The number of carbonyl (C=O) groups excluding carboxylic acids is 1. The molecule has 0 saturated carbocycles. The van der Waals surface area contributed by atoms with Crippen molar-refractivity contribution in [3.8, 4) is 5.75 Å². The summed E-state index contributed by atoms with van der Waals surface area (Å²) in [6, 6.07) is 22.3. The van der Waals surface area contributed by atoms with Gasteiger partial charge < -0.3 is 4.74 Å². The maximum atomic E-state index is 13.2. The van der Waals surface area contributed by atoms with Gasteiger partial charge in [-0.15, -0.1) is 0 Å². The largest absolute Gasteiger partial charge is 0.493 e. The van der Waals surface area contributed by atoms with Crippen LogP contribution >= 0.6 is 0 Å². The van der Waals surface area contributed by atoms with Crippen molar-refractivity contribution in [2.75, 3.05) is 10.9 Å². The van der Waals surface area contributed by atoms with Crippen LogP contribution in [0.25, 0.3) is 0 Å². The van der Waals surface area contributed by atoms with Gasteiger partial charge in [0.05, 0.1) is 17.2 Å². The fraction of sp³-hybridized carbons (Fsp3) is 0.208. The Kier molecular flexibility index (Phi) is 6.90. The van der Waals surface area contributed by atoms with Gasteiger partial charge in [-0.25, -0.2) is 12.7 Å². The van der Waals surface area contributed by atoms with Crippen LogP contribution in [0.5, 0.6) is 5.75 Å². The molecule has 0 fully saturated rings. The summed E-state index contributed by atoms with van der Waals surface area (Å²) in [6.07, 6.45) is 0.450. The van der Waals surface area contributed by atoms with Crippen LogP contribution < -0.4 is 9.04 Å². The first kappa shape index (κ1) is 21.6. The molecule has 0 aliphatic rings. The first-order valence-electron chi connectivity index (χ1n) is 9.78. The highest BCUT2D eigenvalue weighted by Crippen LogP contribution is 2.25. The molecule has 156 valence electrons. The topological polar surface area (TPSA) is 63.7 Å². The highest BCUT2D eigenvalue weighted by atomic mass is 32.2. The van der Waals surface area contributed by atoms with Crippen molar-refractivity contribution in [1.29, 1.82) is 0 Å². The standard InChI is InChI=1S/C24H25NO4S/c1-19-15-16-23(20(2)18-19)29-17-9-14-24(26)25(21-10-5-3-6-11-21)30(27,28)22-12-7-4-8-13-22/h3-8,10-13,15-16,18H,9,14,17H2,1-2H3. The molecule has 0 heterocycles. The Labute approximate surface area is 178 Å². The van der Waals surface area contributed by atoms with Crippen molar-refractivity contribution in [2.24, 2.45) is 0 Å². The number of carbonyl (C=O) groups is 1. The number of amides is 1. The third kappa shape index (κ3) is 5.07. The Morgan fingerprint density at radius 1 is 0.900 bits per heavy atom. The van der Waals surface area contributed by atoms with Crippen LogP contribution in [0, 0.1) is 13.8 Å². The number of hydrogen-bond acceptors (Lipinski definition) is 4.